The first-order valence-corrected chi connectivity index (χ1v) is 2.40. The third-order valence-corrected chi connectivity index (χ3v) is 0.605. The molecule has 0 unspecified atom stereocenters. The number of rotatable bonds is 2. The predicted octanol–water partition coefficient (Wildman–Crippen LogP) is -0.776. The molecule has 0 bridgehead atoms. The molecule has 0 aliphatic carbocycles. The number of hydrogen-bond acceptors (Lipinski definition) is 4. The van der Waals surface area contributed by atoms with Crippen LogP contribution in [0.1, 0.15) is 6.92 Å². The topological polar surface area (TPSA) is 69.4 Å². The Hall–Kier alpha value is -1.28. The molecule has 4 nitrogen and oxygen atoms in total. The monoisotopic (exact) mass is 129 g/mol. The van der Waals surface area contributed by atoms with Gasteiger partial charge in [-0.3, -0.25) is 0 Å². The number of esters is 1. The fourth-order valence-corrected chi connectivity index (χ4v) is 0.251. The maximum atomic E-state index is 10.3. The summed E-state index contributed by atoms with van der Waals surface area (Å²) in [7, 11) is 0. The Balaban J connectivity index is 3.89. The largest absolute Gasteiger partial charge is 0.461 e. The first-order valence-electron chi connectivity index (χ1n) is 2.40. The van der Waals surface area contributed by atoms with Crippen molar-refractivity contribution in [2.75, 3.05) is 6.61 Å². The first kappa shape index (κ1) is 7.72. The second-order valence-electron chi connectivity index (χ2n) is 1.24. The van der Waals surface area contributed by atoms with Gasteiger partial charge >= 0.3 is 5.97 Å². The molecule has 0 spiro atoms. The summed E-state index contributed by atoms with van der Waals surface area (Å²) in [5.41, 5.74) is 4.30. The number of nitrogens with two attached hydrogens (primary N) is 1. The number of carbonyl (C=O) groups excluding carboxylic acids is 2. The van der Waals surface area contributed by atoms with Gasteiger partial charge in [0.05, 0.1) is 6.61 Å². The second-order valence-corrected chi connectivity index (χ2v) is 1.24. The van der Waals surface area contributed by atoms with E-state index >= 15 is 0 Å². The maximum absolute atomic E-state index is 10.3. The van der Waals surface area contributed by atoms with E-state index in [1.807, 2.05) is 0 Å². The molecule has 0 radical (unpaired) electrons. The van der Waals surface area contributed by atoms with E-state index in [4.69, 9.17) is 5.73 Å². The van der Waals surface area contributed by atoms with Crippen molar-refractivity contribution in [3.8, 4) is 0 Å². The Morgan fingerprint density at radius 2 is 2.33 bits per heavy atom. The summed E-state index contributed by atoms with van der Waals surface area (Å²) in [5, 5.41) is 0. The van der Waals surface area contributed by atoms with E-state index in [1.54, 1.807) is 6.92 Å². The highest BCUT2D eigenvalue weighted by molar-refractivity contribution is 5.95. The van der Waals surface area contributed by atoms with E-state index < -0.39 is 11.7 Å². The smallest absolute Gasteiger partial charge is 0.365 e. The van der Waals surface area contributed by atoms with E-state index in [0.717, 1.165) is 0 Å². The Labute approximate surface area is 52.3 Å². The van der Waals surface area contributed by atoms with Crippen LogP contribution in [0.3, 0.4) is 0 Å². The zero-order valence-corrected chi connectivity index (χ0v) is 5.01. The average molecular weight is 129 g/mol. The molecule has 9 heavy (non-hydrogen) atoms. The molecule has 0 aromatic heterocycles. The van der Waals surface area contributed by atoms with Crippen LogP contribution in [0.15, 0.2) is 5.70 Å². The third kappa shape index (κ3) is 2.51. The molecule has 4 heteroatoms. The van der Waals surface area contributed by atoms with Crippen LogP contribution in [0.4, 0.5) is 0 Å². The molecule has 0 aliphatic heterocycles. The lowest BCUT2D eigenvalue weighted by atomic mass is 10.5. The lowest BCUT2D eigenvalue weighted by Crippen LogP contribution is -2.14. The molecular formula is C5H7NO3. The zero-order chi connectivity index (χ0) is 7.28. The lowest BCUT2D eigenvalue weighted by molar-refractivity contribution is -0.138. The number of ether oxygens (including phenoxy) is 1. The fourth-order valence-electron chi connectivity index (χ4n) is 0.251. The van der Waals surface area contributed by atoms with Crippen molar-refractivity contribution in [3.05, 3.63) is 5.70 Å². The second kappa shape index (κ2) is 3.69. The Bertz CT molecular complexity index is 158. The van der Waals surface area contributed by atoms with Gasteiger partial charge in [0.15, 0.2) is 5.94 Å². The SMILES string of the molecule is CCOC(=O)C(N)=C=O. The van der Waals surface area contributed by atoms with Crippen molar-refractivity contribution in [1.82, 2.24) is 0 Å². The van der Waals surface area contributed by atoms with Crippen molar-refractivity contribution in [3.63, 3.8) is 0 Å². The highest BCUT2D eigenvalue weighted by atomic mass is 16.5. The van der Waals surface area contributed by atoms with Gasteiger partial charge in [0.1, 0.15) is 0 Å². The summed E-state index contributed by atoms with van der Waals surface area (Å²) in [4.78, 5) is 20.0. The fraction of sp³-hybridized carbons (Fsp3) is 0.400. The van der Waals surface area contributed by atoms with Crippen LogP contribution in [-0.4, -0.2) is 18.5 Å². The molecule has 0 rings (SSSR count). The van der Waals surface area contributed by atoms with Crippen LogP contribution in [0.5, 0.6) is 0 Å². The quantitative estimate of drug-likeness (QED) is 0.302. The van der Waals surface area contributed by atoms with Gasteiger partial charge in [-0.15, -0.1) is 0 Å². The predicted molar refractivity (Wildman–Crippen MR) is 30.0 cm³/mol. The van der Waals surface area contributed by atoms with Crippen LogP contribution in [0.25, 0.3) is 0 Å². The molecule has 0 amide bonds. The third-order valence-electron chi connectivity index (χ3n) is 0.605. The van der Waals surface area contributed by atoms with Crippen molar-refractivity contribution < 1.29 is 14.3 Å². The van der Waals surface area contributed by atoms with Crippen LogP contribution in [0, 0.1) is 0 Å². The van der Waals surface area contributed by atoms with E-state index in [-0.39, 0.29) is 6.61 Å². The molecule has 50 valence electrons. The van der Waals surface area contributed by atoms with E-state index in [1.165, 1.54) is 5.94 Å². The van der Waals surface area contributed by atoms with Gasteiger partial charge in [-0.1, -0.05) is 0 Å². The van der Waals surface area contributed by atoms with Gasteiger partial charge in [-0.2, -0.15) is 0 Å². The van der Waals surface area contributed by atoms with Gasteiger partial charge in [0.2, 0.25) is 5.70 Å². The van der Waals surface area contributed by atoms with Gasteiger partial charge in [0.25, 0.3) is 0 Å². The number of carbonyl (C=O) groups is 1. The molecule has 2 N–H and O–H groups in total. The summed E-state index contributed by atoms with van der Waals surface area (Å²) >= 11 is 0. The van der Waals surface area contributed by atoms with Gasteiger partial charge in [0, 0.05) is 0 Å². The van der Waals surface area contributed by atoms with Crippen LogP contribution in [-0.2, 0) is 14.3 Å². The summed E-state index contributed by atoms with van der Waals surface area (Å²) in [6, 6.07) is 0. The standard InChI is InChI=1S/C5H7NO3/c1-2-9-5(8)4(6)3-7/h2,6H2,1H3. The Morgan fingerprint density at radius 3 is 2.67 bits per heavy atom. The van der Waals surface area contributed by atoms with Gasteiger partial charge in [-0.25, -0.2) is 9.59 Å². The van der Waals surface area contributed by atoms with Crippen LogP contribution in [0.2, 0.25) is 0 Å². The molecule has 0 aromatic carbocycles. The first-order chi connectivity index (χ1) is 4.22. The molecule has 0 atom stereocenters. The minimum absolute atomic E-state index is 0.210. The van der Waals surface area contributed by atoms with E-state index in [0.29, 0.717) is 0 Å². The molecule has 0 saturated carbocycles. The van der Waals surface area contributed by atoms with Crippen LogP contribution >= 0.6 is 0 Å². The average Bonchev–Trinajstić information content (AvgIpc) is 1.87. The van der Waals surface area contributed by atoms with Crippen molar-refractivity contribution in [1.29, 1.82) is 0 Å². The Morgan fingerprint density at radius 1 is 1.78 bits per heavy atom. The van der Waals surface area contributed by atoms with Crippen molar-refractivity contribution in [2.45, 2.75) is 6.92 Å². The summed E-state index contributed by atoms with van der Waals surface area (Å²) < 4.78 is 4.33. The van der Waals surface area contributed by atoms with Crippen molar-refractivity contribution in [2.24, 2.45) is 5.73 Å². The summed E-state index contributed by atoms with van der Waals surface area (Å²) in [5.74, 6) is 0.407. The molecule has 0 aromatic rings. The summed E-state index contributed by atoms with van der Waals surface area (Å²) in [6.45, 7) is 1.83. The van der Waals surface area contributed by atoms with Crippen LogP contribution < -0.4 is 5.73 Å². The molecule has 0 aliphatic rings. The lowest BCUT2D eigenvalue weighted by Gasteiger charge is -1.95. The molecule has 0 fully saturated rings. The normalized spacial score (nSPS) is 7.67. The van der Waals surface area contributed by atoms with Gasteiger partial charge in [-0.05, 0) is 6.92 Å². The number of hydrogen-bond donors (Lipinski definition) is 1. The molecule has 0 saturated heterocycles. The minimum Gasteiger partial charge on any atom is -0.461 e. The zero-order valence-electron chi connectivity index (χ0n) is 5.01. The Kier molecular flexibility index (Phi) is 3.16. The van der Waals surface area contributed by atoms with Gasteiger partial charge < -0.3 is 10.5 Å². The van der Waals surface area contributed by atoms with Crippen molar-refractivity contribution >= 4 is 11.9 Å². The highest BCUT2D eigenvalue weighted by Gasteiger charge is 2.04. The molecule has 0 heterocycles. The van der Waals surface area contributed by atoms with E-state index in [2.05, 4.69) is 4.74 Å². The molecular weight excluding hydrogens is 122 g/mol. The van der Waals surface area contributed by atoms with E-state index in [9.17, 15) is 9.59 Å². The highest BCUT2D eigenvalue weighted by Crippen LogP contribution is 1.81. The maximum Gasteiger partial charge on any atom is 0.365 e. The minimum atomic E-state index is -0.812. The summed E-state index contributed by atoms with van der Waals surface area (Å²) in [6.07, 6.45) is 0.